The molecule has 3 rings (SSSR count). The van der Waals surface area contributed by atoms with Crippen LogP contribution in [0, 0.1) is 0 Å². The van der Waals surface area contributed by atoms with Crippen molar-refractivity contribution in [2.75, 3.05) is 24.3 Å². The molecule has 0 aliphatic rings. The zero-order valence-electron chi connectivity index (χ0n) is 13.5. The minimum Gasteiger partial charge on any atom is -0.378 e. The van der Waals surface area contributed by atoms with Crippen LogP contribution in [-0.2, 0) is 0 Å². The van der Waals surface area contributed by atoms with Gasteiger partial charge in [-0.1, -0.05) is 18.2 Å². The van der Waals surface area contributed by atoms with Crippen LogP contribution >= 0.6 is 0 Å². The number of anilines is 2. The molecule has 6 nitrogen and oxygen atoms in total. The van der Waals surface area contributed by atoms with E-state index in [0.717, 1.165) is 11.3 Å². The van der Waals surface area contributed by atoms with Gasteiger partial charge in [0.15, 0.2) is 0 Å². The van der Waals surface area contributed by atoms with Crippen molar-refractivity contribution in [1.29, 1.82) is 0 Å². The van der Waals surface area contributed by atoms with E-state index in [1.165, 1.54) is 6.07 Å². The molecule has 24 heavy (non-hydrogen) atoms. The number of carbonyl (C=O) groups excluding carboxylic acids is 1. The molecule has 3 aromatic rings. The van der Waals surface area contributed by atoms with Crippen molar-refractivity contribution in [3.05, 3.63) is 70.5 Å². The zero-order valence-corrected chi connectivity index (χ0v) is 13.5. The van der Waals surface area contributed by atoms with Gasteiger partial charge in [0.05, 0.1) is 5.69 Å². The lowest BCUT2D eigenvalue weighted by Crippen LogP contribution is -2.14. The van der Waals surface area contributed by atoms with E-state index in [9.17, 15) is 9.59 Å². The minimum absolute atomic E-state index is 0.165. The topological polar surface area (TPSA) is 81.0 Å². The Labute approximate surface area is 139 Å². The van der Waals surface area contributed by atoms with E-state index in [1.807, 2.05) is 49.3 Å². The average Bonchev–Trinajstić information content (AvgIpc) is 3.02. The number of aromatic nitrogens is 2. The highest BCUT2D eigenvalue weighted by atomic mass is 16.1. The van der Waals surface area contributed by atoms with Crippen LogP contribution < -0.4 is 15.8 Å². The van der Waals surface area contributed by atoms with Crippen LogP contribution in [-0.4, -0.2) is 30.2 Å². The molecule has 0 fully saturated rings. The monoisotopic (exact) mass is 322 g/mol. The standard InChI is InChI=1S/C18H18N4O2/c1-22(2)15-5-3-4-13(10-15)18(24)19-14-8-6-12(7-9-14)16-11-17(23)21-20-16/h3-11H,1-2H3,(H,19,24)(H2,20,21,23). The van der Waals surface area contributed by atoms with E-state index in [1.54, 1.807) is 18.2 Å². The Morgan fingerprint density at radius 3 is 2.38 bits per heavy atom. The molecule has 0 aliphatic heterocycles. The number of hydrogen-bond donors (Lipinski definition) is 3. The summed E-state index contributed by atoms with van der Waals surface area (Å²) in [4.78, 5) is 25.5. The van der Waals surface area contributed by atoms with Gasteiger partial charge in [0, 0.05) is 37.1 Å². The van der Waals surface area contributed by atoms with Gasteiger partial charge in [0.25, 0.3) is 11.5 Å². The fourth-order valence-corrected chi connectivity index (χ4v) is 2.35. The maximum atomic E-state index is 12.4. The number of carbonyl (C=O) groups is 1. The molecule has 0 radical (unpaired) electrons. The Kier molecular flexibility index (Phi) is 4.20. The smallest absolute Gasteiger partial charge is 0.264 e. The Morgan fingerprint density at radius 1 is 1.00 bits per heavy atom. The third-order valence-electron chi connectivity index (χ3n) is 3.67. The highest BCUT2D eigenvalue weighted by Crippen LogP contribution is 2.19. The summed E-state index contributed by atoms with van der Waals surface area (Å²) in [7, 11) is 3.86. The number of benzene rings is 2. The summed E-state index contributed by atoms with van der Waals surface area (Å²) in [6.07, 6.45) is 0. The Balaban J connectivity index is 1.75. The second-order valence-corrected chi connectivity index (χ2v) is 5.65. The first kappa shape index (κ1) is 15.6. The van der Waals surface area contributed by atoms with Crippen molar-refractivity contribution in [3.63, 3.8) is 0 Å². The number of aromatic amines is 2. The fourth-order valence-electron chi connectivity index (χ4n) is 2.35. The van der Waals surface area contributed by atoms with Crippen molar-refractivity contribution in [3.8, 4) is 11.3 Å². The van der Waals surface area contributed by atoms with Crippen molar-refractivity contribution in [1.82, 2.24) is 10.2 Å². The summed E-state index contributed by atoms with van der Waals surface area (Å²) in [5, 5.41) is 8.16. The van der Waals surface area contributed by atoms with Crippen LogP contribution in [0.3, 0.4) is 0 Å². The molecule has 2 aromatic carbocycles. The lowest BCUT2D eigenvalue weighted by atomic mass is 10.1. The molecule has 3 N–H and O–H groups in total. The second kappa shape index (κ2) is 6.45. The fraction of sp³-hybridized carbons (Fsp3) is 0.111. The van der Waals surface area contributed by atoms with E-state index in [4.69, 9.17) is 0 Å². The quantitative estimate of drug-likeness (QED) is 0.691. The molecule has 1 amide bonds. The molecular weight excluding hydrogens is 304 g/mol. The number of amides is 1. The SMILES string of the molecule is CN(C)c1cccc(C(=O)Nc2ccc(-c3cc(=O)[nH][nH]3)cc2)c1. The van der Waals surface area contributed by atoms with Crippen LogP contribution in [0.4, 0.5) is 11.4 Å². The van der Waals surface area contributed by atoms with Crippen LogP contribution in [0.25, 0.3) is 11.3 Å². The Morgan fingerprint density at radius 2 is 1.75 bits per heavy atom. The van der Waals surface area contributed by atoms with E-state index in [-0.39, 0.29) is 11.5 Å². The van der Waals surface area contributed by atoms with Gasteiger partial charge < -0.3 is 10.2 Å². The third-order valence-corrected chi connectivity index (χ3v) is 3.67. The summed E-state index contributed by atoms with van der Waals surface area (Å²) < 4.78 is 0. The predicted octanol–water partition coefficient (Wildman–Crippen LogP) is 2.69. The summed E-state index contributed by atoms with van der Waals surface area (Å²) >= 11 is 0. The molecule has 0 saturated heterocycles. The minimum atomic E-state index is -0.178. The summed E-state index contributed by atoms with van der Waals surface area (Å²) in [5.41, 5.74) is 3.65. The van der Waals surface area contributed by atoms with Gasteiger partial charge in [-0.25, -0.2) is 0 Å². The van der Waals surface area contributed by atoms with Crippen molar-refractivity contribution in [2.24, 2.45) is 0 Å². The first-order valence-electron chi connectivity index (χ1n) is 7.50. The molecule has 0 bridgehead atoms. The molecule has 0 unspecified atom stereocenters. The molecule has 6 heteroatoms. The van der Waals surface area contributed by atoms with Gasteiger partial charge in [-0.05, 0) is 35.9 Å². The zero-order chi connectivity index (χ0) is 17.1. The van der Waals surface area contributed by atoms with Crippen molar-refractivity contribution in [2.45, 2.75) is 0 Å². The maximum absolute atomic E-state index is 12.4. The summed E-state index contributed by atoms with van der Waals surface area (Å²) in [5.74, 6) is -0.165. The number of nitrogens with zero attached hydrogens (tertiary/aromatic N) is 1. The first-order valence-corrected chi connectivity index (χ1v) is 7.50. The number of hydrogen-bond acceptors (Lipinski definition) is 3. The Bertz CT molecular complexity index is 907. The number of nitrogens with one attached hydrogen (secondary N) is 3. The lowest BCUT2D eigenvalue weighted by molar-refractivity contribution is 0.102. The van der Waals surface area contributed by atoms with Crippen LogP contribution in [0.5, 0.6) is 0 Å². The van der Waals surface area contributed by atoms with Crippen molar-refractivity contribution >= 4 is 17.3 Å². The molecule has 0 aliphatic carbocycles. The molecule has 1 heterocycles. The molecule has 0 saturated carbocycles. The summed E-state index contributed by atoms with van der Waals surface area (Å²) in [6.45, 7) is 0. The third kappa shape index (κ3) is 3.38. The molecule has 0 atom stereocenters. The number of H-pyrrole nitrogens is 2. The van der Waals surface area contributed by atoms with Crippen molar-refractivity contribution < 1.29 is 4.79 Å². The first-order chi connectivity index (χ1) is 11.5. The van der Waals surface area contributed by atoms with Crippen LogP contribution in [0.1, 0.15) is 10.4 Å². The van der Waals surface area contributed by atoms with E-state index < -0.39 is 0 Å². The highest BCUT2D eigenvalue weighted by molar-refractivity contribution is 6.04. The van der Waals surface area contributed by atoms with Gasteiger partial charge in [-0.15, -0.1) is 0 Å². The van der Waals surface area contributed by atoms with Gasteiger partial charge in [0.2, 0.25) is 0 Å². The van der Waals surface area contributed by atoms with Gasteiger partial charge in [0.1, 0.15) is 0 Å². The van der Waals surface area contributed by atoms with E-state index in [0.29, 0.717) is 16.9 Å². The molecule has 0 spiro atoms. The van der Waals surface area contributed by atoms with Crippen LogP contribution in [0.2, 0.25) is 0 Å². The largest absolute Gasteiger partial charge is 0.378 e. The molecule has 122 valence electrons. The average molecular weight is 322 g/mol. The number of rotatable bonds is 4. The molecule has 1 aromatic heterocycles. The maximum Gasteiger partial charge on any atom is 0.264 e. The molecular formula is C18H18N4O2. The normalized spacial score (nSPS) is 10.4. The highest BCUT2D eigenvalue weighted by Gasteiger charge is 2.08. The second-order valence-electron chi connectivity index (χ2n) is 5.65. The van der Waals surface area contributed by atoms with Gasteiger partial charge in [-0.3, -0.25) is 19.8 Å². The van der Waals surface area contributed by atoms with Gasteiger partial charge >= 0.3 is 0 Å². The van der Waals surface area contributed by atoms with E-state index in [2.05, 4.69) is 15.5 Å². The van der Waals surface area contributed by atoms with E-state index >= 15 is 0 Å². The lowest BCUT2D eigenvalue weighted by Gasteiger charge is -2.13. The predicted molar refractivity (Wildman–Crippen MR) is 95.6 cm³/mol. The summed E-state index contributed by atoms with van der Waals surface area (Å²) in [6, 6.07) is 16.2. The van der Waals surface area contributed by atoms with Gasteiger partial charge in [-0.2, -0.15) is 0 Å². The van der Waals surface area contributed by atoms with Crippen LogP contribution in [0.15, 0.2) is 59.4 Å². The Hall–Kier alpha value is -3.28.